The number of carbonyl (C=O) groups is 2. The molecule has 0 bridgehead atoms. The molecule has 1 aliphatic heterocycles. The molecule has 1 saturated heterocycles. The normalized spacial score (nSPS) is 14.5. The number of ether oxygens (including phenoxy) is 1. The molecule has 106 valence electrons. The fraction of sp³-hybridized carbons (Fsp3) is 0.333. The van der Waals surface area contributed by atoms with Crippen molar-refractivity contribution in [2.24, 2.45) is 5.92 Å². The van der Waals surface area contributed by atoms with Gasteiger partial charge >= 0.3 is 12.1 Å². The Balaban J connectivity index is 1.78. The van der Waals surface area contributed by atoms with Crippen LogP contribution in [0.4, 0.5) is 4.79 Å². The lowest BCUT2D eigenvalue weighted by atomic mass is 9.92. The highest BCUT2D eigenvalue weighted by Crippen LogP contribution is 2.21. The van der Waals surface area contributed by atoms with Gasteiger partial charge in [-0.05, 0) is 30.0 Å². The lowest BCUT2D eigenvalue weighted by molar-refractivity contribution is 0.0603. The van der Waals surface area contributed by atoms with Gasteiger partial charge in [0.2, 0.25) is 0 Å². The number of carboxylic acid groups (broad SMARTS) is 1. The van der Waals surface area contributed by atoms with Crippen LogP contribution in [0.25, 0.3) is 0 Å². The number of amides is 1. The number of rotatable bonds is 5. The maximum atomic E-state index is 11.5. The summed E-state index contributed by atoms with van der Waals surface area (Å²) in [5.74, 6) is -0.515. The topological polar surface area (TPSA) is 66.8 Å². The van der Waals surface area contributed by atoms with Gasteiger partial charge in [-0.25, -0.2) is 9.59 Å². The van der Waals surface area contributed by atoms with Gasteiger partial charge in [-0.3, -0.25) is 0 Å². The van der Waals surface area contributed by atoms with Crippen molar-refractivity contribution in [1.82, 2.24) is 4.90 Å². The van der Waals surface area contributed by atoms with Crippen LogP contribution in [0, 0.1) is 5.92 Å². The second-order valence-corrected chi connectivity index (χ2v) is 4.84. The minimum Gasteiger partial charge on any atom is -0.478 e. The van der Waals surface area contributed by atoms with Gasteiger partial charge in [-0.15, -0.1) is 0 Å². The predicted octanol–water partition coefficient (Wildman–Crippen LogP) is 2.18. The van der Waals surface area contributed by atoms with E-state index in [4.69, 9.17) is 9.84 Å². The number of likely N-dealkylation sites (tertiary alicyclic amines) is 1. The third-order valence-corrected chi connectivity index (χ3v) is 3.27. The molecular formula is C15H17NO4. The maximum Gasteiger partial charge on any atom is 0.410 e. The molecule has 2 rings (SSSR count). The van der Waals surface area contributed by atoms with Gasteiger partial charge in [0.15, 0.2) is 0 Å². The summed E-state index contributed by atoms with van der Waals surface area (Å²) in [5, 5.41) is 8.82. The Morgan fingerprint density at radius 3 is 2.55 bits per heavy atom. The van der Waals surface area contributed by atoms with Crippen LogP contribution in [0.15, 0.2) is 36.9 Å². The minimum atomic E-state index is -0.920. The van der Waals surface area contributed by atoms with Crippen LogP contribution in [0.5, 0.6) is 0 Å². The van der Waals surface area contributed by atoms with Crippen LogP contribution in [0.3, 0.4) is 0 Å². The molecule has 0 radical (unpaired) electrons. The van der Waals surface area contributed by atoms with Gasteiger partial charge in [0.05, 0.1) is 5.56 Å². The first-order chi connectivity index (χ1) is 9.60. The summed E-state index contributed by atoms with van der Waals surface area (Å²) in [4.78, 5) is 23.9. The molecule has 20 heavy (non-hydrogen) atoms. The quantitative estimate of drug-likeness (QED) is 0.836. The third-order valence-electron chi connectivity index (χ3n) is 3.27. The summed E-state index contributed by atoms with van der Waals surface area (Å²) in [5.41, 5.74) is 1.37. The van der Waals surface area contributed by atoms with E-state index in [9.17, 15) is 9.59 Å². The molecule has 1 fully saturated rings. The molecule has 0 spiro atoms. The van der Waals surface area contributed by atoms with Crippen molar-refractivity contribution in [3.8, 4) is 0 Å². The second-order valence-electron chi connectivity index (χ2n) is 4.84. The molecule has 1 N–H and O–H groups in total. The van der Waals surface area contributed by atoms with E-state index in [2.05, 4.69) is 6.58 Å². The van der Waals surface area contributed by atoms with Crippen LogP contribution >= 0.6 is 0 Å². The smallest absolute Gasteiger partial charge is 0.410 e. The lowest BCUT2D eigenvalue weighted by Crippen LogP contribution is -2.50. The third kappa shape index (κ3) is 3.38. The minimum absolute atomic E-state index is 0.233. The van der Waals surface area contributed by atoms with Crippen molar-refractivity contribution < 1.29 is 19.4 Å². The van der Waals surface area contributed by atoms with E-state index in [1.165, 1.54) is 0 Å². The summed E-state index contributed by atoms with van der Waals surface area (Å²) < 4.78 is 4.94. The molecule has 5 heteroatoms. The second kappa shape index (κ2) is 6.23. The van der Waals surface area contributed by atoms with E-state index < -0.39 is 5.97 Å². The Labute approximate surface area is 117 Å². The molecule has 0 atom stereocenters. The molecule has 0 saturated carbocycles. The number of benzene rings is 1. The molecule has 0 aromatic heterocycles. The fourth-order valence-corrected chi connectivity index (χ4v) is 2.19. The first-order valence-corrected chi connectivity index (χ1v) is 6.45. The Morgan fingerprint density at radius 2 is 2.00 bits per heavy atom. The molecule has 1 heterocycles. The van der Waals surface area contributed by atoms with Gasteiger partial charge in [0, 0.05) is 13.1 Å². The summed E-state index contributed by atoms with van der Waals surface area (Å²) in [6.45, 7) is 5.08. The van der Waals surface area contributed by atoms with E-state index in [-0.39, 0.29) is 18.3 Å². The van der Waals surface area contributed by atoms with Crippen molar-refractivity contribution in [3.63, 3.8) is 0 Å². The summed E-state index contributed by atoms with van der Waals surface area (Å²) >= 11 is 0. The van der Waals surface area contributed by atoms with Crippen molar-refractivity contribution >= 4 is 12.1 Å². The van der Waals surface area contributed by atoms with E-state index in [1.807, 2.05) is 12.1 Å². The van der Waals surface area contributed by atoms with Crippen LogP contribution < -0.4 is 0 Å². The number of hydrogen-bond donors (Lipinski definition) is 1. The van der Waals surface area contributed by atoms with Crippen LogP contribution in [-0.2, 0) is 11.2 Å². The van der Waals surface area contributed by atoms with E-state index in [0.717, 1.165) is 12.0 Å². The number of nitrogens with zero attached hydrogens (tertiary/aromatic N) is 1. The molecule has 1 aromatic carbocycles. The highest BCUT2D eigenvalue weighted by Gasteiger charge is 2.31. The van der Waals surface area contributed by atoms with Crippen molar-refractivity contribution in [2.45, 2.75) is 6.42 Å². The largest absolute Gasteiger partial charge is 0.478 e. The monoisotopic (exact) mass is 275 g/mol. The SMILES string of the molecule is C=CCOC(=O)N1CC(Cc2ccc(C(=O)O)cc2)C1. The molecule has 1 aromatic rings. The molecule has 1 amide bonds. The molecule has 5 nitrogen and oxygen atoms in total. The van der Waals surface area contributed by atoms with Gasteiger partial charge < -0.3 is 14.7 Å². The Kier molecular flexibility index (Phi) is 4.40. The molecule has 1 aliphatic rings. The number of hydrogen-bond acceptors (Lipinski definition) is 3. The zero-order valence-corrected chi connectivity index (χ0v) is 11.1. The van der Waals surface area contributed by atoms with E-state index in [0.29, 0.717) is 19.0 Å². The predicted molar refractivity (Wildman–Crippen MR) is 73.7 cm³/mol. The Hall–Kier alpha value is -2.30. The molecule has 0 aliphatic carbocycles. The van der Waals surface area contributed by atoms with E-state index >= 15 is 0 Å². The summed E-state index contributed by atoms with van der Waals surface area (Å²) in [6.07, 6.45) is 2.08. The van der Waals surface area contributed by atoms with E-state index in [1.54, 1.807) is 23.1 Å². The maximum absolute atomic E-state index is 11.5. The lowest BCUT2D eigenvalue weighted by Gasteiger charge is -2.38. The van der Waals surface area contributed by atoms with Gasteiger partial charge in [0.1, 0.15) is 6.61 Å². The van der Waals surface area contributed by atoms with Crippen LogP contribution in [0.2, 0.25) is 0 Å². The molecular weight excluding hydrogens is 258 g/mol. The fourth-order valence-electron chi connectivity index (χ4n) is 2.19. The average molecular weight is 275 g/mol. The summed E-state index contributed by atoms with van der Waals surface area (Å²) in [6, 6.07) is 6.85. The Bertz CT molecular complexity index is 503. The standard InChI is InChI=1S/C15H17NO4/c1-2-7-20-15(19)16-9-12(10-16)8-11-3-5-13(6-4-11)14(17)18/h2-6,12H,1,7-10H2,(H,17,18). The van der Waals surface area contributed by atoms with Gasteiger partial charge in [-0.1, -0.05) is 24.8 Å². The van der Waals surface area contributed by atoms with Gasteiger partial charge in [-0.2, -0.15) is 0 Å². The zero-order valence-electron chi connectivity index (χ0n) is 11.1. The number of carbonyl (C=O) groups excluding carboxylic acids is 1. The van der Waals surface area contributed by atoms with Crippen LogP contribution in [-0.4, -0.2) is 41.8 Å². The number of aromatic carboxylic acids is 1. The number of carboxylic acids is 1. The first-order valence-electron chi connectivity index (χ1n) is 6.45. The summed E-state index contributed by atoms with van der Waals surface area (Å²) in [7, 11) is 0. The highest BCUT2D eigenvalue weighted by atomic mass is 16.6. The zero-order chi connectivity index (χ0) is 14.5. The van der Waals surface area contributed by atoms with Gasteiger partial charge in [0.25, 0.3) is 0 Å². The van der Waals surface area contributed by atoms with Crippen molar-refractivity contribution in [3.05, 3.63) is 48.0 Å². The first kappa shape index (κ1) is 14.1. The highest BCUT2D eigenvalue weighted by molar-refractivity contribution is 5.87. The van der Waals surface area contributed by atoms with Crippen LogP contribution in [0.1, 0.15) is 15.9 Å². The average Bonchev–Trinajstić information content (AvgIpc) is 2.40. The van der Waals surface area contributed by atoms with Crippen molar-refractivity contribution in [2.75, 3.05) is 19.7 Å². The molecule has 0 unspecified atom stereocenters. The van der Waals surface area contributed by atoms with Crippen molar-refractivity contribution in [1.29, 1.82) is 0 Å². The Morgan fingerprint density at radius 1 is 1.35 bits per heavy atom.